The zero-order valence-electron chi connectivity index (χ0n) is 9.90. The van der Waals surface area contributed by atoms with Gasteiger partial charge in [0.2, 0.25) is 0 Å². The maximum Gasteiger partial charge on any atom is 0.136 e. The molecule has 0 aliphatic carbocycles. The van der Waals surface area contributed by atoms with E-state index >= 15 is 0 Å². The van der Waals surface area contributed by atoms with Crippen LogP contribution >= 0.6 is 0 Å². The molecule has 0 aliphatic heterocycles. The number of rotatable bonds is 7. The molecule has 2 nitrogen and oxygen atoms in total. The normalized spacial score (nSPS) is 10.7. The Morgan fingerprint density at radius 3 is 2.62 bits per heavy atom. The summed E-state index contributed by atoms with van der Waals surface area (Å²) in [5.41, 5.74) is 2.56. The fourth-order valence-corrected chi connectivity index (χ4v) is 2.53. The maximum absolute atomic E-state index is 5.16. The van der Waals surface area contributed by atoms with Crippen LogP contribution in [0.5, 0.6) is 0 Å². The summed E-state index contributed by atoms with van der Waals surface area (Å²) in [6.07, 6.45) is 2.95. The molecule has 0 bridgehead atoms. The van der Waals surface area contributed by atoms with Gasteiger partial charge in [-0.2, -0.15) is 0 Å². The minimum Gasteiger partial charge on any atom is -0.360 e. The lowest BCUT2D eigenvalue weighted by atomic mass is 10.1. The zero-order valence-corrected chi connectivity index (χ0v) is 10.9. The lowest BCUT2D eigenvalue weighted by Gasteiger charge is -2.12. The van der Waals surface area contributed by atoms with Crippen LogP contribution in [0.15, 0.2) is 30.8 Å². The van der Waals surface area contributed by atoms with Gasteiger partial charge in [-0.3, -0.25) is 0 Å². The van der Waals surface area contributed by atoms with Gasteiger partial charge in [0.1, 0.15) is 15.4 Å². The highest BCUT2D eigenvalue weighted by molar-refractivity contribution is 6.36. The molecule has 0 fully saturated rings. The Labute approximate surface area is 100 Å². The molecule has 0 aromatic heterocycles. The number of benzene rings is 1. The van der Waals surface area contributed by atoms with E-state index in [1.165, 1.54) is 11.1 Å². The molecule has 0 heterocycles. The van der Waals surface area contributed by atoms with Gasteiger partial charge in [-0.25, -0.2) is 0 Å². The monoisotopic (exact) mass is 234 g/mol. The Morgan fingerprint density at radius 1 is 1.31 bits per heavy atom. The van der Waals surface area contributed by atoms with Gasteiger partial charge in [-0.15, -0.1) is 0 Å². The maximum atomic E-state index is 5.16. The van der Waals surface area contributed by atoms with Gasteiger partial charge < -0.3 is 9.47 Å². The van der Waals surface area contributed by atoms with Gasteiger partial charge >= 0.3 is 0 Å². The van der Waals surface area contributed by atoms with E-state index in [4.69, 9.17) is 9.47 Å². The predicted octanol–water partition coefficient (Wildman–Crippen LogP) is 2.57. The van der Waals surface area contributed by atoms with Crippen molar-refractivity contribution >= 4 is 15.6 Å². The Morgan fingerprint density at radius 2 is 2.00 bits per heavy atom. The SMILES string of the molecule is C=Cc1ccccc1CC[Si]C(OC)OC. The van der Waals surface area contributed by atoms with Gasteiger partial charge in [0.15, 0.2) is 0 Å². The van der Waals surface area contributed by atoms with Crippen molar-refractivity contribution in [3.05, 3.63) is 42.0 Å². The van der Waals surface area contributed by atoms with E-state index in [1.54, 1.807) is 14.2 Å². The molecular formula is C13H18O2Si. The van der Waals surface area contributed by atoms with Gasteiger partial charge in [0, 0.05) is 14.2 Å². The van der Waals surface area contributed by atoms with Crippen LogP contribution in [0, 0.1) is 0 Å². The van der Waals surface area contributed by atoms with Crippen molar-refractivity contribution < 1.29 is 9.47 Å². The fourth-order valence-electron chi connectivity index (χ4n) is 1.55. The first-order chi connectivity index (χ1) is 7.81. The van der Waals surface area contributed by atoms with Crippen molar-refractivity contribution in [1.82, 2.24) is 0 Å². The third-order valence-electron chi connectivity index (χ3n) is 2.41. The van der Waals surface area contributed by atoms with Crippen LogP contribution in [-0.2, 0) is 15.9 Å². The second kappa shape index (κ2) is 7.38. The Kier molecular flexibility index (Phi) is 6.07. The summed E-state index contributed by atoms with van der Waals surface area (Å²) in [5.74, 6) is -0.0594. The first kappa shape index (κ1) is 13.2. The van der Waals surface area contributed by atoms with Crippen LogP contribution in [0.4, 0.5) is 0 Å². The van der Waals surface area contributed by atoms with Crippen molar-refractivity contribution in [2.24, 2.45) is 0 Å². The quantitative estimate of drug-likeness (QED) is 0.533. The summed E-state index contributed by atoms with van der Waals surface area (Å²) in [4.78, 5) is 0. The second-order valence-electron chi connectivity index (χ2n) is 3.41. The van der Waals surface area contributed by atoms with Gasteiger partial charge in [-0.1, -0.05) is 43.0 Å². The third kappa shape index (κ3) is 3.93. The molecule has 1 aromatic carbocycles. The lowest BCUT2D eigenvalue weighted by Crippen LogP contribution is -2.21. The van der Waals surface area contributed by atoms with Crippen LogP contribution < -0.4 is 0 Å². The van der Waals surface area contributed by atoms with Gasteiger partial charge in [0.05, 0.1) is 0 Å². The molecule has 0 saturated heterocycles. The molecule has 0 saturated carbocycles. The fraction of sp³-hybridized carbons (Fsp3) is 0.385. The molecule has 2 radical (unpaired) electrons. The predicted molar refractivity (Wildman–Crippen MR) is 68.6 cm³/mol. The van der Waals surface area contributed by atoms with E-state index in [0.29, 0.717) is 9.52 Å². The van der Waals surface area contributed by atoms with E-state index in [2.05, 4.69) is 24.8 Å². The highest BCUT2D eigenvalue weighted by Crippen LogP contribution is 2.12. The van der Waals surface area contributed by atoms with Crippen LogP contribution in [0.1, 0.15) is 11.1 Å². The third-order valence-corrected chi connectivity index (χ3v) is 3.75. The van der Waals surface area contributed by atoms with E-state index in [0.717, 1.165) is 12.5 Å². The Hall–Kier alpha value is -0.903. The van der Waals surface area contributed by atoms with E-state index in [1.807, 2.05) is 12.1 Å². The minimum atomic E-state index is -0.0594. The number of methoxy groups -OCH3 is 2. The van der Waals surface area contributed by atoms with Gasteiger partial charge in [0.25, 0.3) is 0 Å². The molecule has 16 heavy (non-hydrogen) atoms. The molecule has 0 amide bonds. The summed E-state index contributed by atoms with van der Waals surface area (Å²) in [5, 5.41) is 0. The first-order valence-corrected chi connectivity index (χ1v) is 6.59. The van der Waals surface area contributed by atoms with Crippen LogP contribution in [0.25, 0.3) is 6.08 Å². The number of ether oxygens (including phenoxy) is 2. The molecule has 1 aromatic rings. The number of hydrogen-bond acceptors (Lipinski definition) is 2. The molecule has 0 unspecified atom stereocenters. The molecule has 1 rings (SSSR count). The molecule has 86 valence electrons. The van der Waals surface area contributed by atoms with Crippen molar-refractivity contribution in [1.29, 1.82) is 0 Å². The Balaban J connectivity index is 2.45. The van der Waals surface area contributed by atoms with Crippen LogP contribution in [0.3, 0.4) is 0 Å². The van der Waals surface area contributed by atoms with Crippen molar-refractivity contribution in [3.63, 3.8) is 0 Å². The number of aryl methyl sites for hydroxylation is 1. The minimum absolute atomic E-state index is 0.0594. The molecule has 0 atom stereocenters. The summed E-state index contributed by atoms with van der Waals surface area (Å²) >= 11 is 0. The van der Waals surface area contributed by atoms with Crippen molar-refractivity contribution in [3.8, 4) is 0 Å². The summed E-state index contributed by atoms with van der Waals surface area (Å²) in [6, 6.07) is 9.42. The Bertz CT molecular complexity index is 321. The highest BCUT2D eigenvalue weighted by Gasteiger charge is 2.06. The summed E-state index contributed by atoms with van der Waals surface area (Å²) in [6.45, 7) is 3.82. The smallest absolute Gasteiger partial charge is 0.136 e. The van der Waals surface area contributed by atoms with Gasteiger partial charge in [-0.05, 0) is 17.5 Å². The van der Waals surface area contributed by atoms with Crippen molar-refractivity contribution in [2.45, 2.75) is 18.4 Å². The van der Waals surface area contributed by atoms with E-state index in [-0.39, 0.29) is 5.91 Å². The summed E-state index contributed by atoms with van der Waals surface area (Å²) in [7, 11) is 4.03. The summed E-state index contributed by atoms with van der Waals surface area (Å²) < 4.78 is 10.3. The van der Waals surface area contributed by atoms with E-state index < -0.39 is 0 Å². The molecule has 3 heteroatoms. The standard InChI is InChI=1S/C13H18O2Si/c1-4-11-7-5-6-8-12(11)9-10-16-13(14-2)15-3/h4-8,13H,1,9-10H2,2-3H3. The van der Waals surface area contributed by atoms with Crippen LogP contribution in [0.2, 0.25) is 6.04 Å². The topological polar surface area (TPSA) is 18.5 Å². The van der Waals surface area contributed by atoms with Crippen molar-refractivity contribution in [2.75, 3.05) is 14.2 Å². The molecule has 0 aliphatic rings. The van der Waals surface area contributed by atoms with Crippen LogP contribution in [-0.4, -0.2) is 29.7 Å². The highest BCUT2D eigenvalue weighted by atomic mass is 28.2. The zero-order chi connectivity index (χ0) is 11.8. The molecule has 0 N–H and O–H groups in total. The first-order valence-electron chi connectivity index (χ1n) is 5.31. The average Bonchev–Trinajstić information content (AvgIpc) is 2.35. The van der Waals surface area contributed by atoms with E-state index in [9.17, 15) is 0 Å². The molecular weight excluding hydrogens is 216 g/mol. The number of hydrogen-bond donors (Lipinski definition) is 0. The second-order valence-corrected chi connectivity index (χ2v) is 4.79. The largest absolute Gasteiger partial charge is 0.360 e. The lowest BCUT2D eigenvalue weighted by molar-refractivity contribution is -0.0440. The average molecular weight is 234 g/mol. The molecule has 0 spiro atoms.